The summed E-state index contributed by atoms with van der Waals surface area (Å²) in [5.74, 6) is -0.288. The molecule has 0 radical (unpaired) electrons. The Morgan fingerprint density at radius 1 is 1.00 bits per heavy atom. The molecule has 5 rings (SSSR count). The Bertz CT molecular complexity index is 1700. The van der Waals surface area contributed by atoms with Crippen LogP contribution < -0.4 is 4.80 Å². The van der Waals surface area contributed by atoms with E-state index in [1.807, 2.05) is 97.9 Å². The summed E-state index contributed by atoms with van der Waals surface area (Å²) in [7, 11) is 0. The SMILES string of the molecule is CCOC(=O)c1nn(-c2ccc(C)cc2)c(=Nc2nc(-c3ccccc3)cc(-c3ccccc3)c2C#N)s1. The van der Waals surface area contributed by atoms with Crippen LogP contribution in [0.15, 0.2) is 96.0 Å². The van der Waals surface area contributed by atoms with Gasteiger partial charge in [-0.25, -0.2) is 14.5 Å². The van der Waals surface area contributed by atoms with Gasteiger partial charge in [-0.3, -0.25) is 0 Å². The molecule has 0 bridgehead atoms. The van der Waals surface area contributed by atoms with Gasteiger partial charge in [0.15, 0.2) is 5.82 Å². The minimum Gasteiger partial charge on any atom is -0.461 e. The molecule has 0 saturated heterocycles. The van der Waals surface area contributed by atoms with E-state index < -0.39 is 5.97 Å². The lowest BCUT2D eigenvalue weighted by molar-refractivity contribution is 0.0524. The van der Waals surface area contributed by atoms with Crippen LogP contribution in [0.4, 0.5) is 5.82 Å². The van der Waals surface area contributed by atoms with Gasteiger partial charge >= 0.3 is 5.97 Å². The van der Waals surface area contributed by atoms with Crippen molar-refractivity contribution in [2.24, 2.45) is 4.99 Å². The van der Waals surface area contributed by atoms with E-state index in [2.05, 4.69) is 11.2 Å². The zero-order valence-corrected chi connectivity index (χ0v) is 21.6. The van der Waals surface area contributed by atoms with E-state index >= 15 is 0 Å². The highest BCUT2D eigenvalue weighted by Gasteiger charge is 2.19. The first-order valence-electron chi connectivity index (χ1n) is 12.0. The number of aromatic nitrogens is 3. The summed E-state index contributed by atoms with van der Waals surface area (Å²) in [6, 6.07) is 31.4. The van der Waals surface area contributed by atoms with Gasteiger partial charge in [0.25, 0.3) is 0 Å². The summed E-state index contributed by atoms with van der Waals surface area (Å²) in [4.78, 5) is 22.6. The maximum absolute atomic E-state index is 12.6. The van der Waals surface area contributed by atoms with Gasteiger partial charge in [-0.1, -0.05) is 89.7 Å². The molecule has 7 nitrogen and oxygen atoms in total. The summed E-state index contributed by atoms with van der Waals surface area (Å²) in [6.45, 7) is 3.97. The number of benzene rings is 3. The Kier molecular flexibility index (Phi) is 7.20. The minimum atomic E-state index is -0.531. The third-order valence-corrected chi connectivity index (χ3v) is 6.65. The molecule has 0 amide bonds. The highest BCUT2D eigenvalue weighted by molar-refractivity contribution is 7.10. The molecule has 0 fully saturated rings. The van der Waals surface area contributed by atoms with Crippen molar-refractivity contribution in [2.75, 3.05) is 6.61 Å². The van der Waals surface area contributed by atoms with Crippen molar-refractivity contribution in [1.29, 1.82) is 5.26 Å². The molecule has 186 valence electrons. The molecule has 5 aromatic rings. The highest BCUT2D eigenvalue weighted by Crippen LogP contribution is 2.33. The molecular formula is C30H23N5O2S. The van der Waals surface area contributed by atoms with Gasteiger partial charge in [-0.15, -0.1) is 5.10 Å². The monoisotopic (exact) mass is 517 g/mol. The van der Waals surface area contributed by atoms with Crippen LogP contribution >= 0.6 is 11.3 Å². The fourth-order valence-electron chi connectivity index (χ4n) is 3.90. The molecule has 0 N–H and O–H groups in total. The Balaban J connectivity index is 1.79. The number of hydrogen-bond donors (Lipinski definition) is 0. The van der Waals surface area contributed by atoms with Crippen LogP contribution in [0.3, 0.4) is 0 Å². The largest absolute Gasteiger partial charge is 0.461 e. The van der Waals surface area contributed by atoms with Crippen LogP contribution in [-0.4, -0.2) is 27.3 Å². The number of rotatable bonds is 6. The normalized spacial score (nSPS) is 11.2. The maximum atomic E-state index is 12.6. The van der Waals surface area contributed by atoms with Gasteiger partial charge < -0.3 is 4.74 Å². The number of carbonyl (C=O) groups excluding carboxylic acids is 1. The molecule has 0 aliphatic rings. The quantitative estimate of drug-likeness (QED) is 0.248. The second-order valence-electron chi connectivity index (χ2n) is 8.37. The van der Waals surface area contributed by atoms with Crippen LogP contribution in [0.1, 0.15) is 27.9 Å². The summed E-state index contributed by atoms with van der Waals surface area (Å²) < 4.78 is 6.77. The number of carbonyl (C=O) groups is 1. The van der Waals surface area contributed by atoms with Crippen molar-refractivity contribution in [2.45, 2.75) is 13.8 Å². The van der Waals surface area contributed by atoms with E-state index in [9.17, 15) is 10.1 Å². The molecule has 0 aliphatic carbocycles. The standard InChI is InChI=1S/C30H23N5O2S/c1-3-37-29(36)28-34-35(23-16-14-20(2)15-17-23)30(38-28)33-27-25(19-31)24(21-10-6-4-7-11-21)18-26(32-27)22-12-8-5-9-13-22/h4-18H,3H2,1-2H3. The van der Waals surface area contributed by atoms with Crippen molar-refractivity contribution in [3.05, 3.63) is 112 Å². The molecule has 0 aliphatic heterocycles. The molecule has 38 heavy (non-hydrogen) atoms. The second-order valence-corrected chi connectivity index (χ2v) is 9.32. The second kappa shape index (κ2) is 11.0. The van der Waals surface area contributed by atoms with Crippen molar-refractivity contribution < 1.29 is 9.53 Å². The fraction of sp³-hybridized carbons (Fsp3) is 0.100. The lowest BCUT2D eigenvalue weighted by Crippen LogP contribution is -2.14. The number of nitrogens with zero attached hydrogens (tertiary/aromatic N) is 5. The Hall–Kier alpha value is -4.87. The predicted octanol–water partition coefficient (Wildman–Crippen LogP) is 6.25. The molecule has 0 saturated carbocycles. The van der Waals surface area contributed by atoms with Crippen LogP contribution in [0.5, 0.6) is 0 Å². The van der Waals surface area contributed by atoms with Crippen LogP contribution in [0, 0.1) is 18.3 Å². The van der Waals surface area contributed by atoms with Gasteiger partial charge in [0.05, 0.1) is 18.0 Å². The molecule has 0 unspecified atom stereocenters. The first-order chi connectivity index (χ1) is 18.6. The first-order valence-corrected chi connectivity index (χ1v) is 12.8. The topological polar surface area (TPSA) is 93.2 Å². The van der Waals surface area contributed by atoms with E-state index in [1.54, 1.807) is 11.6 Å². The number of ether oxygens (including phenoxy) is 1. The average molecular weight is 518 g/mol. The number of aryl methyl sites for hydroxylation is 1. The van der Waals surface area contributed by atoms with E-state index in [0.29, 0.717) is 16.1 Å². The van der Waals surface area contributed by atoms with Crippen molar-refractivity contribution in [1.82, 2.24) is 14.8 Å². The highest BCUT2D eigenvalue weighted by atomic mass is 32.1. The molecular weight excluding hydrogens is 494 g/mol. The van der Waals surface area contributed by atoms with E-state index in [1.165, 1.54) is 0 Å². The van der Waals surface area contributed by atoms with E-state index in [4.69, 9.17) is 14.7 Å². The summed E-state index contributed by atoms with van der Waals surface area (Å²) >= 11 is 1.09. The van der Waals surface area contributed by atoms with Crippen LogP contribution in [0.25, 0.3) is 28.1 Å². The van der Waals surface area contributed by atoms with Crippen molar-refractivity contribution >= 4 is 23.1 Å². The Morgan fingerprint density at radius 2 is 1.66 bits per heavy atom. The summed E-state index contributed by atoms with van der Waals surface area (Å²) in [5, 5.41) is 14.9. The minimum absolute atomic E-state index is 0.159. The molecule has 0 atom stereocenters. The zero-order chi connectivity index (χ0) is 26.5. The van der Waals surface area contributed by atoms with Gasteiger partial charge in [0.2, 0.25) is 9.81 Å². The van der Waals surface area contributed by atoms with Crippen molar-refractivity contribution in [3.8, 4) is 34.1 Å². The van der Waals surface area contributed by atoms with Crippen LogP contribution in [-0.2, 0) is 4.74 Å². The predicted molar refractivity (Wildman–Crippen MR) is 147 cm³/mol. The number of esters is 1. The van der Waals surface area contributed by atoms with Gasteiger partial charge in [-0.05, 0) is 37.6 Å². The molecule has 3 aromatic carbocycles. The third-order valence-electron chi connectivity index (χ3n) is 5.76. The maximum Gasteiger partial charge on any atom is 0.369 e. The lowest BCUT2D eigenvalue weighted by Gasteiger charge is -2.10. The molecule has 2 heterocycles. The zero-order valence-electron chi connectivity index (χ0n) is 20.8. The average Bonchev–Trinajstić information content (AvgIpc) is 3.38. The van der Waals surface area contributed by atoms with Gasteiger partial charge in [0, 0.05) is 11.1 Å². The number of nitriles is 1. The Labute approximate surface area is 224 Å². The fourth-order valence-corrected chi connectivity index (χ4v) is 4.70. The lowest BCUT2D eigenvalue weighted by atomic mass is 9.98. The third kappa shape index (κ3) is 5.14. The molecule has 8 heteroatoms. The van der Waals surface area contributed by atoms with E-state index in [-0.39, 0.29) is 17.4 Å². The van der Waals surface area contributed by atoms with Gasteiger partial charge in [-0.2, -0.15) is 10.3 Å². The van der Waals surface area contributed by atoms with Gasteiger partial charge in [0.1, 0.15) is 11.6 Å². The summed E-state index contributed by atoms with van der Waals surface area (Å²) in [6.07, 6.45) is 0. The summed E-state index contributed by atoms with van der Waals surface area (Å²) in [5.41, 5.74) is 5.32. The first kappa shape index (κ1) is 24.8. The number of pyridine rings is 1. The van der Waals surface area contributed by atoms with E-state index in [0.717, 1.165) is 39.3 Å². The molecule has 2 aromatic heterocycles. The Morgan fingerprint density at radius 3 is 2.29 bits per heavy atom. The molecule has 0 spiro atoms. The number of hydrogen-bond acceptors (Lipinski definition) is 7. The smallest absolute Gasteiger partial charge is 0.369 e. The van der Waals surface area contributed by atoms with Crippen molar-refractivity contribution in [3.63, 3.8) is 0 Å². The van der Waals surface area contributed by atoms with Crippen LogP contribution in [0.2, 0.25) is 0 Å².